The Morgan fingerprint density at radius 2 is 1.96 bits per heavy atom. The zero-order valence-corrected chi connectivity index (χ0v) is 13.1. The van der Waals surface area contributed by atoms with Gasteiger partial charge in [-0.05, 0) is 30.2 Å². The van der Waals surface area contributed by atoms with Crippen molar-refractivity contribution >= 4 is 23.3 Å². The number of aryl methyl sites for hydroxylation is 1. The Balaban J connectivity index is 2.13. The Morgan fingerprint density at radius 3 is 2.65 bits per heavy atom. The molecule has 0 aromatic heterocycles. The Morgan fingerprint density at radius 1 is 1.22 bits per heavy atom. The molecule has 1 aliphatic rings. The third kappa shape index (κ3) is 2.77. The standard InChI is InChI=1S/C18H18N2O3/c1-12-8-9-15-14(10-12)19-11-16(21)20(15)17(18(22)23-2)13-6-4-3-5-7-13/h3-10,17,19H,11H2,1-2H3. The van der Waals surface area contributed by atoms with Gasteiger partial charge in [0.05, 0.1) is 25.0 Å². The van der Waals surface area contributed by atoms with Gasteiger partial charge >= 0.3 is 5.97 Å². The maximum atomic E-state index is 12.5. The van der Waals surface area contributed by atoms with Crippen LogP contribution in [0.3, 0.4) is 0 Å². The topological polar surface area (TPSA) is 58.6 Å². The second-order valence-electron chi connectivity index (χ2n) is 5.47. The average Bonchev–Trinajstić information content (AvgIpc) is 2.58. The van der Waals surface area contributed by atoms with Gasteiger partial charge in [-0.25, -0.2) is 4.79 Å². The van der Waals surface area contributed by atoms with Crippen LogP contribution in [0.1, 0.15) is 17.2 Å². The number of hydrogen-bond acceptors (Lipinski definition) is 4. The Labute approximate surface area is 134 Å². The lowest BCUT2D eigenvalue weighted by molar-refractivity contribution is -0.143. The van der Waals surface area contributed by atoms with Gasteiger partial charge in [0.2, 0.25) is 5.91 Å². The molecule has 0 fully saturated rings. The van der Waals surface area contributed by atoms with E-state index in [0.717, 1.165) is 16.8 Å². The fraction of sp³-hybridized carbons (Fsp3) is 0.222. The van der Waals surface area contributed by atoms with E-state index in [1.165, 1.54) is 12.0 Å². The quantitative estimate of drug-likeness (QED) is 0.886. The molecule has 1 atom stereocenters. The fourth-order valence-corrected chi connectivity index (χ4v) is 2.81. The van der Waals surface area contributed by atoms with Crippen LogP contribution in [-0.2, 0) is 14.3 Å². The van der Waals surface area contributed by atoms with Crippen LogP contribution in [-0.4, -0.2) is 25.5 Å². The molecule has 0 saturated carbocycles. The highest BCUT2D eigenvalue weighted by Gasteiger charge is 2.36. The SMILES string of the molecule is COC(=O)C(c1ccccc1)N1C(=O)CNc2cc(C)ccc21. The minimum absolute atomic E-state index is 0.150. The van der Waals surface area contributed by atoms with Crippen molar-refractivity contribution in [3.63, 3.8) is 0 Å². The van der Waals surface area contributed by atoms with E-state index in [1.807, 2.05) is 55.5 Å². The summed E-state index contributed by atoms with van der Waals surface area (Å²) < 4.78 is 4.95. The highest BCUT2D eigenvalue weighted by atomic mass is 16.5. The van der Waals surface area contributed by atoms with E-state index < -0.39 is 12.0 Å². The number of nitrogens with zero attached hydrogens (tertiary/aromatic N) is 1. The first-order chi connectivity index (χ1) is 11.1. The molecule has 23 heavy (non-hydrogen) atoms. The van der Waals surface area contributed by atoms with E-state index in [4.69, 9.17) is 4.74 Å². The molecule has 3 rings (SSSR count). The lowest BCUT2D eigenvalue weighted by Gasteiger charge is -2.35. The predicted octanol–water partition coefficient (Wildman–Crippen LogP) is 2.67. The van der Waals surface area contributed by atoms with Crippen LogP contribution in [0.15, 0.2) is 48.5 Å². The molecular formula is C18H18N2O3. The predicted molar refractivity (Wildman–Crippen MR) is 88.4 cm³/mol. The number of nitrogens with one attached hydrogen (secondary N) is 1. The number of anilines is 2. The summed E-state index contributed by atoms with van der Waals surface area (Å²) in [6.45, 7) is 2.13. The van der Waals surface area contributed by atoms with E-state index in [-0.39, 0.29) is 12.5 Å². The molecule has 0 aliphatic carbocycles. The van der Waals surface area contributed by atoms with Crippen molar-refractivity contribution in [3.05, 3.63) is 59.7 Å². The van der Waals surface area contributed by atoms with Crippen molar-refractivity contribution in [3.8, 4) is 0 Å². The van der Waals surface area contributed by atoms with Gasteiger partial charge in [-0.2, -0.15) is 0 Å². The average molecular weight is 310 g/mol. The van der Waals surface area contributed by atoms with E-state index in [0.29, 0.717) is 5.69 Å². The monoisotopic (exact) mass is 310 g/mol. The number of ether oxygens (including phenoxy) is 1. The molecule has 1 heterocycles. The molecule has 1 unspecified atom stereocenters. The van der Waals surface area contributed by atoms with E-state index in [9.17, 15) is 9.59 Å². The smallest absolute Gasteiger partial charge is 0.333 e. The van der Waals surface area contributed by atoms with Gasteiger partial charge in [-0.3, -0.25) is 9.69 Å². The first-order valence-corrected chi connectivity index (χ1v) is 7.41. The molecule has 5 nitrogen and oxygen atoms in total. The van der Waals surface area contributed by atoms with Gasteiger partial charge in [0, 0.05) is 0 Å². The summed E-state index contributed by atoms with van der Waals surface area (Å²) in [5.74, 6) is -0.626. The lowest BCUT2D eigenvalue weighted by Crippen LogP contribution is -2.45. The maximum absolute atomic E-state index is 12.5. The van der Waals surface area contributed by atoms with Gasteiger partial charge in [0.25, 0.3) is 0 Å². The highest BCUT2D eigenvalue weighted by Crippen LogP contribution is 2.36. The summed E-state index contributed by atoms with van der Waals surface area (Å²) in [4.78, 5) is 26.5. The van der Waals surface area contributed by atoms with Crippen molar-refractivity contribution in [1.82, 2.24) is 0 Å². The molecule has 0 bridgehead atoms. The summed E-state index contributed by atoms with van der Waals surface area (Å²) >= 11 is 0. The first-order valence-electron chi connectivity index (χ1n) is 7.41. The van der Waals surface area contributed by atoms with Crippen LogP contribution in [0, 0.1) is 6.92 Å². The van der Waals surface area contributed by atoms with Crippen molar-refractivity contribution < 1.29 is 14.3 Å². The zero-order valence-electron chi connectivity index (χ0n) is 13.1. The van der Waals surface area contributed by atoms with E-state index in [2.05, 4.69) is 5.32 Å². The largest absolute Gasteiger partial charge is 0.467 e. The van der Waals surface area contributed by atoms with Gasteiger partial charge in [-0.15, -0.1) is 0 Å². The molecule has 1 amide bonds. The lowest BCUT2D eigenvalue weighted by atomic mass is 10.0. The number of esters is 1. The molecule has 2 aromatic rings. The molecular weight excluding hydrogens is 292 g/mol. The maximum Gasteiger partial charge on any atom is 0.333 e. The van der Waals surface area contributed by atoms with Crippen molar-refractivity contribution in [2.45, 2.75) is 13.0 Å². The van der Waals surface area contributed by atoms with Crippen molar-refractivity contribution in [2.75, 3.05) is 23.9 Å². The number of carbonyl (C=O) groups excluding carboxylic acids is 2. The first kappa shape index (κ1) is 15.1. The number of rotatable bonds is 3. The number of amides is 1. The number of benzene rings is 2. The molecule has 0 spiro atoms. The zero-order chi connectivity index (χ0) is 16.4. The van der Waals surface area contributed by atoms with Crippen LogP contribution < -0.4 is 10.2 Å². The molecule has 1 N–H and O–H groups in total. The van der Waals surface area contributed by atoms with Crippen LogP contribution in [0.25, 0.3) is 0 Å². The van der Waals surface area contributed by atoms with Crippen LogP contribution in [0.5, 0.6) is 0 Å². The fourth-order valence-electron chi connectivity index (χ4n) is 2.81. The van der Waals surface area contributed by atoms with Crippen molar-refractivity contribution in [1.29, 1.82) is 0 Å². The van der Waals surface area contributed by atoms with Crippen LogP contribution in [0.2, 0.25) is 0 Å². The third-order valence-electron chi connectivity index (χ3n) is 3.91. The van der Waals surface area contributed by atoms with Gasteiger partial charge in [0.15, 0.2) is 6.04 Å². The minimum Gasteiger partial charge on any atom is -0.467 e. The Kier molecular flexibility index (Phi) is 4.02. The highest BCUT2D eigenvalue weighted by molar-refractivity contribution is 6.06. The van der Waals surface area contributed by atoms with Crippen LogP contribution in [0.4, 0.5) is 11.4 Å². The Hall–Kier alpha value is -2.82. The summed E-state index contributed by atoms with van der Waals surface area (Å²) in [6, 6.07) is 14.1. The summed E-state index contributed by atoms with van der Waals surface area (Å²) in [5.41, 5.74) is 3.33. The van der Waals surface area contributed by atoms with E-state index in [1.54, 1.807) is 0 Å². The summed E-state index contributed by atoms with van der Waals surface area (Å²) in [6.07, 6.45) is 0. The number of hydrogen-bond donors (Lipinski definition) is 1. The summed E-state index contributed by atoms with van der Waals surface area (Å²) in [5, 5.41) is 3.10. The number of methoxy groups -OCH3 is 1. The molecule has 0 saturated heterocycles. The van der Waals surface area contributed by atoms with Crippen molar-refractivity contribution in [2.24, 2.45) is 0 Å². The number of carbonyl (C=O) groups is 2. The second-order valence-corrected chi connectivity index (χ2v) is 5.47. The van der Waals surface area contributed by atoms with E-state index >= 15 is 0 Å². The molecule has 5 heteroatoms. The van der Waals surface area contributed by atoms with Gasteiger partial charge in [0.1, 0.15) is 0 Å². The normalized spacial score (nSPS) is 14.7. The second kappa shape index (κ2) is 6.12. The van der Waals surface area contributed by atoms with Gasteiger partial charge in [-0.1, -0.05) is 36.4 Å². The molecule has 1 aliphatic heterocycles. The number of fused-ring (bicyclic) bond motifs is 1. The molecule has 0 radical (unpaired) electrons. The summed E-state index contributed by atoms with van der Waals surface area (Å²) in [7, 11) is 1.33. The molecule has 118 valence electrons. The third-order valence-corrected chi connectivity index (χ3v) is 3.91. The minimum atomic E-state index is -0.794. The molecule has 2 aromatic carbocycles. The van der Waals surface area contributed by atoms with Gasteiger partial charge < -0.3 is 10.1 Å². The van der Waals surface area contributed by atoms with Crippen LogP contribution >= 0.6 is 0 Å². The Bertz CT molecular complexity index is 743.